The first-order valence-electron chi connectivity index (χ1n) is 5.32. The molecule has 0 saturated carbocycles. The number of carbonyl (C=O) groups excluding carboxylic acids is 2. The Hall–Kier alpha value is -1.63. The lowest BCUT2D eigenvalue weighted by Crippen LogP contribution is -2.48. The van der Waals surface area contributed by atoms with Crippen molar-refractivity contribution in [1.29, 1.82) is 0 Å². The molecular formula is C10H18N2O5. The minimum Gasteiger partial charge on any atom is -0.481 e. The van der Waals surface area contributed by atoms with Crippen LogP contribution in [-0.4, -0.2) is 41.6 Å². The van der Waals surface area contributed by atoms with Gasteiger partial charge in [-0.05, 0) is 13.3 Å². The van der Waals surface area contributed by atoms with Crippen molar-refractivity contribution < 1.29 is 24.2 Å². The molecule has 4 N–H and O–H groups in total. The van der Waals surface area contributed by atoms with E-state index in [1.165, 1.54) is 6.92 Å². The minimum absolute atomic E-state index is 0.278. The highest BCUT2D eigenvalue weighted by atomic mass is 16.5. The molecule has 0 aromatic rings. The van der Waals surface area contributed by atoms with Crippen molar-refractivity contribution in [2.24, 2.45) is 5.73 Å². The number of esters is 1. The third-order valence-corrected chi connectivity index (χ3v) is 1.89. The number of hydrogen-bond donors (Lipinski definition) is 3. The molecule has 2 atom stereocenters. The molecule has 0 heterocycles. The van der Waals surface area contributed by atoms with Gasteiger partial charge in [-0.3, -0.25) is 9.59 Å². The van der Waals surface area contributed by atoms with Gasteiger partial charge in [0.05, 0.1) is 19.1 Å². The fourth-order valence-corrected chi connectivity index (χ4v) is 0.988. The summed E-state index contributed by atoms with van der Waals surface area (Å²) in [6.45, 7) is 3.57. The molecule has 0 aliphatic carbocycles. The quantitative estimate of drug-likeness (QED) is 0.508. The van der Waals surface area contributed by atoms with E-state index >= 15 is 0 Å². The molecule has 7 nitrogen and oxygen atoms in total. The maximum atomic E-state index is 11.4. The maximum absolute atomic E-state index is 11.4. The molecule has 0 aromatic carbocycles. The largest absolute Gasteiger partial charge is 0.481 e. The molecule has 0 spiro atoms. The lowest BCUT2D eigenvalue weighted by atomic mass is 10.2. The molecule has 0 fully saturated rings. The van der Waals surface area contributed by atoms with Gasteiger partial charge in [0.1, 0.15) is 6.04 Å². The highest BCUT2D eigenvalue weighted by Crippen LogP contribution is 1.93. The second-order valence-electron chi connectivity index (χ2n) is 3.60. The number of nitrogens with one attached hydrogen (secondary N) is 1. The lowest BCUT2D eigenvalue weighted by molar-refractivity contribution is -0.147. The van der Waals surface area contributed by atoms with Gasteiger partial charge in [0.25, 0.3) is 0 Å². The number of carboxylic acids is 1. The highest BCUT2D eigenvalue weighted by Gasteiger charge is 2.22. The van der Waals surface area contributed by atoms with E-state index in [1.54, 1.807) is 0 Å². The van der Waals surface area contributed by atoms with Gasteiger partial charge in [-0.15, -0.1) is 0 Å². The summed E-state index contributed by atoms with van der Waals surface area (Å²) in [5.74, 6) is -2.43. The van der Waals surface area contributed by atoms with E-state index in [4.69, 9.17) is 15.6 Å². The van der Waals surface area contributed by atoms with Crippen LogP contribution in [0.4, 0.5) is 0 Å². The Balaban J connectivity index is 4.10. The van der Waals surface area contributed by atoms with Gasteiger partial charge in [-0.25, -0.2) is 4.79 Å². The number of hydrogen-bond acceptors (Lipinski definition) is 5. The molecule has 7 heteroatoms. The molecule has 1 amide bonds. The second-order valence-corrected chi connectivity index (χ2v) is 3.60. The van der Waals surface area contributed by atoms with Crippen molar-refractivity contribution in [3.05, 3.63) is 0 Å². The minimum atomic E-state index is -1.17. The number of ether oxygens (including phenoxy) is 1. The first-order chi connectivity index (χ1) is 7.88. The zero-order valence-corrected chi connectivity index (χ0v) is 9.93. The molecule has 0 rings (SSSR count). The summed E-state index contributed by atoms with van der Waals surface area (Å²) in [4.78, 5) is 33.0. The SMILES string of the molecule is CCCOC(=O)[C@@H](C)NC(=O)[C@@H](N)CC(=O)O. The Labute approximate surface area is 99.3 Å². The topological polar surface area (TPSA) is 119 Å². The third kappa shape index (κ3) is 6.52. The van der Waals surface area contributed by atoms with Crippen molar-refractivity contribution in [1.82, 2.24) is 5.32 Å². The predicted octanol–water partition coefficient (Wildman–Crippen LogP) is -0.754. The van der Waals surface area contributed by atoms with Crippen LogP contribution in [0, 0.1) is 0 Å². The zero-order valence-electron chi connectivity index (χ0n) is 9.93. The summed E-state index contributed by atoms with van der Waals surface area (Å²) in [7, 11) is 0. The van der Waals surface area contributed by atoms with Gasteiger partial charge >= 0.3 is 11.9 Å². The van der Waals surface area contributed by atoms with Crippen molar-refractivity contribution in [2.75, 3.05) is 6.61 Å². The highest BCUT2D eigenvalue weighted by molar-refractivity contribution is 5.89. The summed E-state index contributed by atoms with van der Waals surface area (Å²) in [6.07, 6.45) is 0.202. The van der Waals surface area contributed by atoms with Crippen molar-refractivity contribution >= 4 is 17.8 Å². The van der Waals surface area contributed by atoms with Crippen LogP contribution in [-0.2, 0) is 19.1 Å². The van der Waals surface area contributed by atoms with Crippen LogP contribution < -0.4 is 11.1 Å². The Bertz CT molecular complexity index is 292. The first kappa shape index (κ1) is 15.4. The molecule has 0 radical (unpaired) electrons. The number of rotatable bonds is 7. The van der Waals surface area contributed by atoms with Gasteiger partial charge in [-0.1, -0.05) is 6.92 Å². The molecule has 17 heavy (non-hydrogen) atoms. The average molecular weight is 246 g/mol. The number of carbonyl (C=O) groups is 3. The van der Waals surface area contributed by atoms with Crippen LogP contribution in [0.5, 0.6) is 0 Å². The smallest absolute Gasteiger partial charge is 0.328 e. The van der Waals surface area contributed by atoms with Crippen LogP contribution in [0.25, 0.3) is 0 Å². The molecular weight excluding hydrogens is 228 g/mol. The third-order valence-electron chi connectivity index (χ3n) is 1.89. The Morgan fingerprint density at radius 2 is 2.00 bits per heavy atom. The molecule has 0 aliphatic heterocycles. The van der Waals surface area contributed by atoms with E-state index in [-0.39, 0.29) is 6.61 Å². The van der Waals surface area contributed by atoms with Gasteiger partial charge in [0, 0.05) is 0 Å². The van der Waals surface area contributed by atoms with E-state index in [0.717, 1.165) is 0 Å². The van der Waals surface area contributed by atoms with E-state index in [2.05, 4.69) is 5.32 Å². The number of aliphatic carboxylic acids is 1. The summed E-state index contributed by atoms with van der Waals surface area (Å²) in [5, 5.41) is 10.7. The zero-order chi connectivity index (χ0) is 13.4. The summed E-state index contributed by atoms with van der Waals surface area (Å²) < 4.78 is 4.80. The van der Waals surface area contributed by atoms with E-state index in [1.807, 2.05) is 6.92 Å². The van der Waals surface area contributed by atoms with Crippen molar-refractivity contribution in [3.63, 3.8) is 0 Å². The van der Waals surface area contributed by atoms with E-state index in [0.29, 0.717) is 6.42 Å². The normalized spacial score (nSPS) is 13.6. The molecule has 0 saturated heterocycles. The maximum Gasteiger partial charge on any atom is 0.328 e. The Morgan fingerprint density at radius 3 is 2.47 bits per heavy atom. The summed E-state index contributed by atoms with van der Waals surface area (Å²) in [6, 6.07) is -2.01. The monoisotopic (exact) mass is 246 g/mol. The Kier molecular flexibility index (Phi) is 6.88. The van der Waals surface area contributed by atoms with Crippen LogP contribution in [0.2, 0.25) is 0 Å². The molecule has 98 valence electrons. The van der Waals surface area contributed by atoms with Crippen LogP contribution >= 0.6 is 0 Å². The molecule has 0 unspecified atom stereocenters. The molecule has 0 aromatic heterocycles. The van der Waals surface area contributed by atoms with E-state index in [9.17, 15) is 14.4 Å². The van der Waals surface area contributed by atoms with E-state index < -0.39 is 36.4 Å². The summed E-state index contributed by atoms with van der Waals surface area (Å²) in [5.41, 5.74) is 5.32. The first-order valence-corrected chi connectivity index (χ1v) is 5.32. The second kappa shape index (κ2) is 7.61. The number of carboxylic acid groups (broad SMARTS) is 1. The van der Waals surface area contributed by atoms with Crippen LogP contribution in [0.15, 0.2) is 0 Å². The fourth-order valence-electron chi connectivity index (χ4n) is 0.988. The predicted molar refractivity (Wildman–Crippen MR) is 59.1 cm³/mol. The van der Waals surface area contributed by atoms with Crippen molar-refractivity contribution in [3.8, 4) is 0 Å². The molecule has 0 aliphatic rings. The standard InChI is InChI=1S/C10H18N2O5/c1-3-4-17-10(16)6(2)12-9(15)7(11)5-8(13)14/h6-7H,3-5,11H2,1-2H3,(H,12,15)(H,13,14)/t6-,7+/m1/s1. The van der Waals surface area contributed by atoms with Gasteiger partial charge in [-0.2, -0.15) is 0 Å². The number of amides is 1. The molecule has 0 bridgehead atoms. The lowest BCUT2D eigenvalue weighted by Gasteiger charge is -2.15. The average Bonchev–Trinajstić information content (AvgIpc) is 2.24. The van der Waals surface area contributed by atoms with Gasteiger partial charge in [0.15, 0.2) is 0 Å². The van der Waals surface area contributed by atoms with Crippen molar-refractivity contribution in [2.45, 2.75) is 38.8 Å². The van der Waals surface area contributed by atoms with Crippen LogP contribution in [0.1, 0.15) is 26.7 Å². The van der Waals surface area contributed by atoms with Gasteiger partial charge in [0.2, 0.25) is 5.91 Å². The van der Waals surface area contributed by atoms with Crippen LogP contribution in [0.3, 0.4) is 0 Å². The number of nitrogens with two attached hydrogens (primary N) is 1. The fraction of sp³-hybridized carbons (Fsp3) is 0.700. The Morgan fingerprint density at radius 1 is 1.41 bits per heavy atom. The summed E-state index contributed by atoms with van der Waals surface area (Å²) >= 11 is 0. The van der Waals surface area contributed by atoms with Gasteiger partial charge < -0.3 is 20.9 Å².